The molecule has 0 bridgehead atoms. The fourth-order valence-electron chi connectivity index (χ4n) is 2.10. The van der Waals surface area contributed by atoms with E-state index < -0.39 is 11.4 Å². The van der Waals surface area contributed by atoms with E-state index in [2.05, 4.69) is 0 Å². The molecule has 112 valence electrons. The summed E-state index contributed by atoms with van der Waals surface area (Å²) in [5.41, 5.74) is -0.595. The van der Waals surface area contributed by atoms with Crippen molar-refractivity contribution in [3.05, 3.63) is 36.3 Å². The molecular formula is C16H18FNO3. The number of aromatic nitrogens is 1. The highest BCUT2D eigenvalue weighted by atomic mass is 19.1. The van der Waals surface area contributed by atoms with Gasteiger partial charge in [0.15, 0.2) is 5.78 Å². The predicted octanol–water partition coefficient (Wildman–Crippen LogP) is 2.94. The second-order valence-corrected chi connectivity index (χ2v) is 5.38. The van der Waals surface area contributed by atoms with E-state index in [9.17, 15) is 14.0 Å². The third-order valence-corrected chi connectivity index (χ3v) is 3.56. The van der Waals surface area contributed by atoms with Crippen LogP contribution < -0.4 is 0 Å². The number of Topliss-reactive ketones (excluding diaryl/α,β-unsaturated/α-hetero) is 1. The minimum atomic E-state index is -1.22. The van der Waals surface area contributed by atoms with Gasteiger partial charge in [0.25, 0.3) is 0 Å². The van der Waals surface area contributed by atoms with Gasteiger partial charge >= 0.3 is 5.97 Å². The van der Waals surface area contributed by atoms with Crippen LogP contribution in [0.3, 0.4) is 0 Å². The zero-order chi connectivity index (χ0) is 15.6. The lowest BCUT2D eigenvalue weighted by Gasteiger charge is -2.21. The Morgan fingerprint density at radius 2 is 2.00 bits per heavy atom. The van der Waals surface area contributed by atoms with Gasteiger partial charge in [0, 0.05) is 11.6 Å². The summed E-state index contributed by atoms with van der Waals surface area (Å²) in [6.07, 6.45) is 1.65. The van der Waals surface area contributed by atoms with E-state index in [0.29, 0.717) is 10.9 Å². The van der Waals surface area contributed by atoms with E-state index >= 15 is 0 Å². The van der Waals surface area contributed by atoms with Gasteiger partial charge in [-0.2, -0.15) is 0 Å². The molecule has 0 aliphatic carbocycles. The van der Waals surface area contributed by atoms with Gasteiger partial charge in [0.1, 0.15) is 11.2 Å². The number of hydrogen-bond acceptors (Lipinski definition) is 3. The minimum Gasteiger partial charge on any atom is -0.465 e. The zero-order valence-corrected chi connectivity index (χ0v) is 12.4. The summed E-state index contributed by atoms with van der Waals surface area (Å²) in [6, 6.07) is 6.32. The van der Waals surface area contributed by atoms with Gasteiger partial charge in [-0.1, -0.05) is 6.07 Å². The maximum Gasteiger partial charge on any atom is 0.319 e. The van der Waals surface area contributed by atoms with Crippen LogP contribution in [0.15, 0.2) is 30.5 Å². The van der Waals surface area contributed by atoms with Gasteiger partial charge in [-0.3, -0.25) is 9.59 Å². The molecule has 0 radical (unpaired) electrons. The van der Waals surface area contributed by atoms with Crippen molar-refractivity contribution in [3.63, 3.8) is 0 Å². The molecular weight excluding hydrogens is 273 g/mol. The molecule has 0 fully saturated rings. The van der Waals surface area contributed by atoms with Crippen LogP contribution in [-0.4, -0.2) is 22.9 Å². The number of hydrogen-bond donors (Lipinski definition) is 0. The van der Waals surface area contributed by atoms with Gasteiger partial charge in [-0.05, 0) is 39.0 Å². The van der Waals surface area contributed by atoms with Crippen molar-refractivity contribution in [2.45, 2.75) is 27.3 Å². The highest BCUT2D eigenvalue weighted by Gasteiger charge is 2.37. The molecule has 2 rings (SSSR count). The summed E-state index contributed by atoms with van der Waals surface area (Å²) >= 11 is 0. The van der Waals surface area contributed by atoms with E-state index in [1.54, 1.807) is 49.7 Å². The summed E-state index contributed by atoms with van der Waals surface area (Å²) in [5.74, 6) is -1.15. The molecule has 0 amide bonds. The normalized spacial score (nSPS) is 11.6. The summed E-state index contributed by atoms with van der Waals surface area (Å²) in [4.78, 5) is 24.2. The van der Waals surface area contributed by atoms with Gasteiger partial charge in [0.2, 0.25) is 0 Å². The number of halogens is 1. The molecule has 5 heteroatoms. The maximum atomic E-state index is 13.6. The molecule has 0 aliphatic heterocycles. The van der Waals surface area contributed by atoms with Gasteiger partial charge in [0.05, 0.1) is 18.7 Å². The van der Waals surface area contributed by atoms with Crippen molar-refractivity contribution < 1.29 is 18.7 Å². The molecule has 1 heterocycles. The third-order valence-electron chi connectivity index (χ3n) is 3.56. The molecule has 1 aromatic carbocycles. The molecule has 0 spiro atoms. The number of nitrogens with zero attached hydrogens (tertiary/aromatic N) is 1. The molecule has 0 saturated carbocycles. The lowest BCUT2D eigenvalue weighted by atomic mass is 9.88. The molecule has 0 aliphatic rings. The Morgan fingerprint density at radius 1 is 1.29 bits per heavy atom. The van der Waals surface area contributed by atoms with Crippen LogP contribution in [0.5, 0.6) is 0 Å². The number of ether oxygens (including phenoxy) is 1. The van der Waals surface area contributed by atoms with Crippen LogP contribution in [0.2, 0.25) is 0 Å². The number of ketones is 1. The molecule has 0 atom stereocenters. The SMILES string of the molecule is CCOC(=O)C(C)(C)C(=O)Cn1ccc2c(F)cccc21. The molecule has 1 aromatic heterocycles. The Kier molecular flexibility index (Phi) is 4.11. The summed E-state index contributed by atoms with van der Waals surface area (Å²) in [5, 5.41) is 0.458. The van der Waals surface area contributed by atoms with E-state index in [-0.39, 0.29) is 24.8 Å². The largest absolute Gasteiger partial charge is 0.465 e. The quantitative estimate of drug-likeness (QED) is 0.628. The molecule has 4 nitrogen and oxygen atoms in total. The minimum absolute atomic E-state index is 0.00122. The van der Waals surface area contributed by atoms with Crippen molar-refractivity contribution in [2.24, 2.45) is 5.41 Å². The molecule has 0 N–H and O–H groups in total. The highest BCUT2D eigenvalue weighted by Crippen LogP contribution is 2.23. The van der Waals surface area contributed by atoms with Crippen molar-refractivity contribution >= 4 is 22.7 Å². The Bertz CT molecular complexity index is 688. The van der Waals surface area contributed by atoms with E-state index in [0.717, 1.165) is 0 Å². The second-order valence-electron chi connectivity index (χ2n) is 5.38. The first-order chi connectivity index (χ1) is 9.87. The lowest BCUT2D eigenvalue weighted by molar-refractivity contribution is -0.158. The van der Waals surface area contributed by atoms with Crippen LogP contribution in [0.25, 0.3) is 10.9 Å². The topological polar surface area (TPSA) is 48.3 Å². The van der Waals surface area contributed by atoms with Crippen molar-refractivity contribution in [2.75, 3.05) is 6.61 Å². The highest BCUT2D eigenvalue weighted by molar-refractivity contribution is 6.03. The number of fused-ring (bicyclic) bond motifs is 1. The average molecular weight is 291 g/mol. The Morgan fingerprint density at radius 3 is 2.67 bits per heavy atom. The fraction of sp³-hybridized carbons (Fsp3) is 0.375. The molecule has 0 saturated heterocycles. The van der Waals surface area contributed by atoms with Crippen LogP contribution in [0, 0.1) is 11.2 Å². The van der Waals surface area contributed by atoms with Crippen molar-refractivity contribution in [1.29, 1.82) is 0 Å². The first-order valence-corrected chi connectivity index (χ1v) is 6.81. The first kappa shape index (κ1) is 15.2. The first-order valence-electron chi connectivity index (χ1n) is 6.81. The van der Waals surface area contributed by atoms with Crippen LogP contribution in [-0.2, 0) is 20.9 Å². The Balaban J connectivity index is 2.26. The Labute approximate surface area is 122 Å². The summed E-state index contributed by atoms with van der Waals surface area (Å²) in [7, 11) is 0. The van der Waals surface area contributed by atoms with Crippen LogP contribution in [0.4, 0.5) is 4.39 Å². The van der Waals surface area contributed by atoms with Gasteiger partial charge < -0.3 is 9.30 Å². The second kappa shape index (κ2) is 5.68. The van der Waals surface area contributed by atoms with E-state index in [1.807, 2.05) is 0 Å². The predicted molar refractivity (Wildman–Crippen MR) is 77.3 cm³/mol. The monoisotopic (exact) mass is 291 g/mol. The van der Waals surface area contributed by atoms with Crippen LogP contribution >= 0.6 is 0 Å². The lowest BCUT2D eigenvalue weighted by Crippen LogP contribution is -2.37. The van der Waals surface area contributed by atoms with Gasteiger partial charge in [-0.25, -0.2) is 4.39 Å². The van der Waals surface area contributed by atoms with Gasteiger partial charge in [-0.15, -0.1) is 0 Å². The number of esters is 1. The average Bonchev–Trinajstić information content (AvgIpc) is 2.83. The van der Waals surface area contributed by atoms with Crippen LogP contribution in [0.1, 0.15) is 20.8 Å². The van der Waals surface area contributed by atoms with E-state index in [4.69, 9.17) is 4.74 Å². The standard InChI is InChI=1S/C16H18FNO3/c1-4-21-15(20)16(2,3)14(19)10-18-9-8-11-12(17)6-5-7-13(11)18/h5-9H,4,10H2,1-3H3. The molecule has 0 unspecified atom stereocenters. The summed E-state index contributed by atoms with van der Waals surface area (Å²) < 4.78 is 20.2. The third kappa shape index (κ3) is 2.82. The summed E-state index contributed by atoms with van der Waals surface area (Å²) in [6.45, 7) is 5.01. The number of carbonyl (C=O) groups is 2. The van der Waals surface area contributed by atoms with E-state index in [1.165, 1.54) is 6.07 Å². The molecule has 21 heavy (non-hydrogen) atoms. The number of benzene rings is 1. The maximum absolute atomic E-state index is 13.6. The number of rotatable bonds is 5. The fourth-order valence-corrected chi connectivity index (χ4v) is 2.10. The Hall–Kier alpha value is -2.17. The van der Waals surface area contributed by atoms with Crippen molar-refractivity contribution in [3.8, 4) is 0 Å². The van der Waals surface area contributed by atoms with Crippen molar-refractivity contribution in [1.82, 2.24) is 4.57 Å². The zero-order valence-electron chi connectivity index (χ0n) is 12.4. The molecule has 2 aromatic rings. The number of carbonyl (C=O) groups excluding carboxylic acids is 2. The smallest absolute Gasteiger partial charge is 0.319 e.